The van der Waals surface area contributed by atoms with Crippen LogP contribution in [0.15, 0.2) is 0 Å². The van der Waals surface area contributed by atoms with Gasteiger partial charge in [-0.05, 0) is 6.42 Å². The van der Waals surface area contributed by atoms with Gasteiger partial charge in [0.05, 0.1) is 13.2 Å². The van der Waals surface area contributed by atoms with Crippen LogP contribution in [-0.4, -0.2) is 46.7 Å². The van der Waals surface area contributed by atoms with Crippen LogP contribution in [0, 0.1) is 0 Å². The first-order valence-corrected chi connectivity index (χ1v) is 13.4. The van der Waals surface area contributed by atoms with E-state index in [-0.39, 0.29) is 6.61 Å². The zero-order valence-corrected chi connectivity index (χ0v) is 19.8. The number of carboxylic acid groups (broad SMARTS) is 1. The molecule has 8 heteroatoms. The summed E-state index contributed by atoms with van der Waals surface area (Å²) in [5, 5.41) is 17.6. The smallest absolute Gasteiger partial charge is 0.436 e. The molecule has 0 saturated heterocycles. The van der Waals surface area contributed by atoms with Gasteiger partial charge in [0.2, 0.25) is 0 Å². The third-order valence-electron chi connectivity index (χ3n) is 5.18. The number of ether oxygens (including phenoxy) is 1. The monoisotopic (exact) mass is 452 g/mol. The highest BCUT2D eigenvalue weighted by Crippen LogP contribution is 2.43. The number of aliphatic hydroxyl groups excluding tert-OH is 1. The zero-order valence-electron chi connectivity index (χ0n) is 18.9. The lowest BCUT2D eigenvalue weighted by atomic mass is 10.0. The van der Waals surface area contributed by atoms with E-state index in [1.54, 1.807) is 0 Å². The fraction of sp³-hybridized carbons (Fsp3) is 0.955. The molecule has 0 aromatic carbocycles. The SMILES string of the molecule is CCCCCCCCCCCCCCCCCCOCC(CO)OP(=O)(O)C(=O)O. The standard InChI is InChI=1S/C22H45O7P/c1-2-3-4-5-6-7-8-9-10-11-12-13-14-15-16-17-18-28-20-21(19-23)29-30(26,27)22(24)25/h21,23H,2-20H2,1H3,(H,24,25)(H,26,27). The van der Waals surface area contributed by atoms with Gasteiger partial charge in [-0.15, -0.1) is 0 Å². The topological polar surface area (TPSA) is 113 Å². The van der Waals surface area contributed by atoms with Gasteiger partial charge in [0.1, 0.15) is 6.10 Å². The zero-order chi connectivity index (χ0) is 22.5. The van der Waals surface area contributed by atoms with E-state index in [0.29, 0.717) is 6.61 Å². The fourth-order valence-corrected chi connectivity index (χ4v) is 3.95. The summed E-state index contributed by atoms with van der Waals surface area (Å²) >= 11 is 0. The van der Waals surface area contributed by atoms with Crippen LogP contribution in [0.5, 0.6) is 0 Å². The van der Waals surface area contributed by atoms with Crippen molar-refractivity contribution in [2.45, 2.75) is 116 Å². The van der Waals surface area contributed by atoms with Crippen molar-refractivity contribution >= 4 is 13.3 Å². The number of carbonyl (C=O) groups is 1. The summed E-state index contributed by atoms with van der Waals surface area (Å²) in [5.74, 6) is 0. The van der Waals surface area contributed by atoms with Crippen molar-refractivity contribution in [2.24, 2.45) is 0 Å². The highest BCUT2D eigenvalue weighted by molar-refractivity contribution is 7.70. The number of aliphatic hydroxyl groups is 1. The number of hydrogen-bond donors (Lipinski definition) is 3. The van der Waals surface area contributed by atoms with Gasteiger partial charge in [-0.3, -0.25) is 4.52 Å². The molecule has 0 aliphatic rings. The summed E-state index contributed by atoms with van der Waals surface area (Å²) in [6.45, 7) is 2.04. The Hall–Kier alpha value is -0.460. The minimum absolute atomic E-state index is 0.104. The normalized spacial score (nSPS) is 14.5. The molecule has 0 rings (SSSR count). The lowest BCUT2D eigenvalue weighted by Gasteiger charge is -2.17. The minimum Gasteiger partial charge on any atom is -0.472 e. The summed E-state index contributed by atoms with van der Waals surface area (Å²) in [4.78, 5) is 19.7. The van der Waals surface area contributed by atoms with Gasteiger partial charge in [-0.25, -0.2) is 9.36 Å². The van der Waals surface area contributed by atoms with Gasteiger partial charge in [0.15, 0.2) is 0 Å². The molecule has 0 saturated carbocycles. The van der Waals surface area contributed by atoms with Gasteiger partial charge >= 0.3 is 13.3 Å². The Morgan fingerprint density at radius 2 is 1.20 bits per heavy atom. The molecule has 0 aromatic heterocycles. The molecule has 0 aromatic rings. The first-order valence-electron chi connectivity index (χ1n) is 11.9. The van der Waals surface area contributed by atoms with Crippen LogP contribution in [0.4, 0.5) is 4.79 Å². The third kappa shape index (κ3) is 18.3. The van der Waals surface area contributed by atoms with Crippen molar-refractivity contribution in [2.75, 3.05) is 19.8 Å². The number of hydrogen-bond acceptors (Lipinski definition) is 5. The van der Waals surface area contributed by atoms with Crippen molar-refractivity contribution in [3.05, 3.63) is 0 Å². The van der Waals surface area contributed by atoms with Crippen molar-refractivity contribution in [3.8, 4) is 0 Å². The van der Waals surface area contributed by atoms with Gasteiger partial charge < -0.3 is 19.8 Å². The summed E-state index contributed by atoms with van der Waals surface area (Å²) in [5.41, 5.74) is -1.93. The molecule has 0 amide bonds. The van der Waals surface area contributed by atoms with Gasteiger partial charge in [-0.2, -0.15) is 0 Å². The van der Waals surface area contributed by atoms with Crippen LogP contribution in [0.1, 0.15) is 110 Å². The molecular weight excluding hydrogens is 407 g/mol. The summed E-state index contributed by atoms with van der Waals surface area (Å²) < 4.78 is 21.1. The second kappa shape index (κ2) is 20.4. The summed E-state index contributed by atoms with van der Waals surface area (Å²) in [6, 6.07) is 0. The van der Waals surface area contributed by atoms with Gasteiger partial charge in [0.25, 0.3) is 0 Å². The lowest BCUT2D eigenvalue weighted by molar-refractivity contribution is 0.0139. The first kappa shape index (κ1) is 29.5. The van der Waals surface area contributed by atoms with Crippen LogP contribution in [0.3, 0.4) is 0 Å². The Bertz CT molecular complexity index is 445. The number of rotatable bonds is 23. The van der Waals surface area contributed by atoms with E-state index >= 15 is 0 Å². The molecular formula is C22H45O7P. The molecule has 30 heavy (non-hydrogen) atoms. The first-order chi connectivity index (χ1) is 14.4. The van der Waals surface area contributed by atoms with Gasteiger partial charge in [0, 0.05) is 6.61 Å². The molecule has 2 unspecified atom stereocenters. The third-order valence-corrected chi connectivity index (χ3v) is 6.25. The second-order valence-corrected chi connectivity index (χ2v) is 9.73. The summed E-state index contributed by atoms with van der Waals surface area (Å²) in [7, 11) is -4.75. The van der Waals surface area contributed by atoms with E-state index in [1.807, 2.05) is 0 Å². The highest BCUT2D eigenvalue weighted by Gasteiger charge is 2.33. The predicted octanol–water partition coefficient (Wildman–Crippen LogP) is 6.51. The van der Waals surface area contributed by atoms with Crippen LogP contribution in [0.25, 0.3) is 0 Å². The molecule has 0 aliphatic carbocycles. The van der Waals surface area contributed by atoms with E-state index in [1.165, 1.54) is 83.5 Å². The maximum absolute atomic E-state index is 11.2. The van der Waals surface area contributed by atoms with E-state index in [0.717, 1.165) is 19.3 Å². The molecule has 0 radical (unpaired) electrons. The molecule has 0 fully saturated rings. The minimum atomic E-state index is -4.75. The van der Waals surface area contributed by atoms with Crippen molar-refractivity contribution in [3.63, 3.8) is 0 Å². The predicted molar refractivity (Wildman–Crippen MR) is 120 cm³/mol. The average Bonchev–Trinajstić information content (AvgIpc) is 2.71. The molecule has 3 N–H and O–H groups in total. The maximum atomic E-state index is 11.2. The van der Waals surface area contributed by atoms with Crippen molar-refractivity contribution in [1.82, 2.24) is 0 Å². The second-order valence-electron chi connectivity index (χ2n) is 8.09. The largest absolute Gasteiger partial charge is 0.472 e. The average molecular weight is 453 g/mol. The van der Waals surface area contributed by atoms with E-state index < -0.39 is 26.0 Å². The van der Waals surface area contributed by atoms with Gasteiger partial charge in [-0.1, -0.05) is 103 Å². The van der Waals surface area contributed by atoms with Crippen molar-refractivity contribution in [1.29, 1.82) is 0 Å². The molecule has 0 aliphatic heterocycles. The Labute approximate surface area is 183 Å². The molecule has 7 nitrogen and oxygen atoms in total. The Morgan fingerprint density at radius 3 is 1.57 bits per heavy atom. The van der Waals surface area contributed by atoms with Crippen LogP contribution < -0.4 is 0 Å². The molecule has 0 spiro atoms. The Morgan fingerprint density at radius 1 is 0.800 bits per heavy atom. The highest BCUT2D eigenvalue weighted by atomic mass is 31.2. The van der Waals surface area contributed by atoms with Crippen LogP contribution >= 0.6 is 7.60 Å². The Balaban J connectivity index is 3.34. The molecule has 0 heterocycles. The lowest BCUT2D eigenvalue weighted by Crippen LogP contribution is -2.24. The summed E-state index contributed by atoms with van der Waals surface area (Å²) in [6.07, 6.45) is 19.6. The fourth-order valence-electron chi connectivity index (χ4n) is 3.33. The number of unbranched alkanes of at least 4 members (excludes halogenated alkanes) is 15. The van der Waals surface area contributed by atoms with E-state index in [9.17, 15) is 9.36 Å². The van der Waals surface area contributed by atoms with E-state index in [4.69, 9.17) is 19.8 Å². The Kier molecular flexibility index (Phi) is 20.1. The molecule has 180 valence electrons. The quantitative estimate of drug-likeness (QED) is 0.120. The van der Waals surface area contributed by atoms with Crippen molar-refractivity contribution < 1.29 is 33.7 Å². The van der Waals surface area contributed by atoms with E-state index in [2.05, 4.69) is 11.4 Å². The van der Waals surface area contributed by atoms with Crippen LogP contribution in [-0.2, 0) is 13.8 Å². The maximum Gasteiger partial charge on any atom is 0.436 e. The van der Waals surface area contributed by atoms with Crippen LogP contribution in [0.2, 0.25) is 0 Å². The molecule has 2 atom stereocenters. The molecule has 0 bridgehead atoms.